The van der Waals surface area contributed by atoms with Crippen molar-refractivity contribution in [1.29, 1.82) is 0 Å². The van der Waals surface area contributed by atoms with E-state index in [1.54, 1.807) is 0 Å². The number of fused-ring (bicyclic) bond motifs is 3. The van der Waals surface area contributed by atoms with Gasteiger partial charge in [-0.25, -0.2) is 0 Å². The second kappa shape index (κ2) is 3.85. The number of hydrogen-bond donors (Lipinski definition) is 3. The van der Waals surface area contributed by atoms with Crippen molar-refractivity contribution in [1.82, 2.24) is 10.3 Å². The number of carboxylic acid groups (broad SMARTS) is 1. The summed E-state index contributed by atoms with van der Waals surface area (Å²) in [6.07, 6.45) is 0.878. The van der Waals surface area contributed by atoms with Gasteiger partial charge in [0.1, 0.15) is 6.04 Å². The molecule has 1 aliphatic heterocycles. The normalized spacial score (nSPS) is 18.9. The van der Waals surface area contributed by atoms with E-state index in [1.165, 1.54) is 16.5 Å². The number of aromatic amines is 1. The van der Waals surface area contributed by atoms with Gasteiger partial charge in [-0.3, -0.25) is 10.1 Å². The second-order valence-corrected chi connectivity index (χ2v) is 4.92. The van der Waals surface area contributed by atoms with E-state index in [0.29, 0.717) is 6.54 Å². The smallest absolute Gasteiger partial charge is 0.326 e. The number of hydrogen-bond acceptors (Lipinski definition) is 2. The van der Waals surface area contributed by atoms with E-state index in [1.807, 2.05) is 6.07 Å². The zero-order valence-electron chi connectivity index (χ0n) is 10.5. The molecule has 2 heterocycles. The number of aryl methyl sites for hydroxylation is 2. The van der Waals surface area contributed by atoms with Crippen LogP contribution in [-0.4, -0.2) is 22.6 Å². The fourth-order valence-corrected chi connectivity index (χ4v) is 2.82. The van der Waals surface area contributed by atoms with Gasteiger partial charge in [0.2, 0.25) is 0 Å². The molecule has 0 spiro atoms. The van der Waals surface area contributed by atoms with Gasteiger partial charge in [0.15, 0.2) is 0 Å². The van der Waals surface area contributed by atoms with E-state index in [9.17, 15) is 9.90 Å². The van der Waals surface area contributed by atoms with Gasteiger partial charge in [0, 0.05) is 23.1 Å². The van der Waals surface area contributed by atoms with Crippen LogP contribution in [0.25, 0.3) is 10.9 Å². The van der Waals surface area contributed by atoms with Gasteiger partial charge < -0.3 is 10.1 Å². The fourth-order valence-electron chi connectivity index (χ4n) is 2.82. The van der Waals surface area contributed by atoms with Gasteiger partial charge >= 0.3 is 5.97 Å². The van der Waals surface area contributed by atoms with Crippen LogP contribution in [-0.2, 0) is 11.2 Å². The van der Waals surface area contributed by atoms with E-state index >= 15 is 0 Å². The lowest BCUT2D eigenvalue weighted by atomic mass is 9.95. The molecule has 1 aromatic carbocycles. The molecule has 18 heavy (non-hydrogen) atoms. The van der Waals surface area contributed by atoms with Crippen LogP contribution in [0.5, 0.6) is 0 Å². The molecule has 1 atom stereocenters. The first-order valence-electron chi connectivity index (χ1n) is 6.16. The van der Waals surface area contributed by atoms with Crippen LogP contribution < -0.4 is 5.32 Å². The number of benzene rings is 1. The third-order valence-electron chi connectivity index (χ3n) is 3.89. The Morgan fingerprint density at radius 2 is 2.17 bits per heavy atom. The molecule has 0 radical (unpaired) electrons. The predicted molar refractivity (Wildman–Crippen MR) is 69.9 cm³/mol. The Bertz CT molecular complexity index is 643. The van der Waals surface area contributed by atoms with Gasteiger partial charge in [-0.05, 0) is 43.0 Å². The Morgan fingerprint density at radius 1 is 1.39 bits per heavy atom. The second-order valence-electron chi connectivity index (χ2n) is 4.92. The van der Waals surface area contributed by atoms with Crippen molar-refractivity contribution in [3.8, 4) is 0 Å². The van der Waals surface area contributed by atoms with E-state index in [2.05, 4.69) is 30.2 Å². The topological polar surface area (TPSA) is 65.1 Å². The molecule has 0 saturated carbocycles. The average Bonchev–Trinajstić information content (AvgIpc) is 2.72. The first-order chi connectivity index (χ1) is 8.59. The molecule has 1 unspecified atom stereocenters. The Balaban J connectivity index is 2.31. The summed E-state index contributed by atoms with van der Waals surface area (Å²) in [5.74, 6) is -0.822. The summed E-state index contributed by atoms with van der Waals surface area (Å²) in [7, 11) is 0. The maximum absolute atomic E-state index is 11.3. The zero-order chi connectivity index (χ0) is 12.9. The lowest BCUT2D eigenvalue weighted by Gasteiger charge is -2.20. The number of H-pyrrole nitrogens is 1. The van der Waals surface area contributed by atoms with Crippen molar-refractivity contribution in [2.24, 2.45) is 0 Å². The number of carboxylic acids is 1. The molecule has 3 N–H and O–H groups in total. The first kappa shape index (κ1) is 11.3. The highest BCUT2D eigenvalue weighted by molar-refractivity contribution is 5.91. The van der Waals surface area contributed by atoms with Crippen molar-refractivity contribution in [2.45, 2.75) is 26.3 Å². The molecule has 0 bridgehead atoms. The molecule has 0 fully saturated rings. The van der Waals surface area contributed by atoms with Crippen LogP contribution in [0.3, 0.4) is 0 Å². The lowest BCUT2D eigenvalue weighted by Crippen LogP contribution is -2.34. The highest BCUT2D eigenvalue weighted by Gasteiger charge is 2.29. The third-order valence-corrected chi connectivity index (χ3v) is 3.89. The molecule has 4 nitrogen and oxygen atoms in total. The highest BCUT2D eigenvalue weighted by atomic mass is 16.4. The van der Waals surface area contributed by atoms with E-state index in [4.69, 9.17) is 0 Å². The fraction of sp³-hybridized carbons (Fsp3) is 0.357. The van der Waals surface area contributed by atoms with Crippen molar-refractivity contribution in [3.63, 3.8) is 0 Å². The molecule has 3 rings (SSSR count). The summed E-state index contributed by atoms with van der Waals surface area (Å²) in [6, 6.07) is 3.50. The Morgan fingerprint density at radius 3 is 2.89 bits per heavy atom. The zero-order valence-corrected chi connectivity index (χ0v) is 10.5. The predicted octanol–water partition coefficient (Wildman–Crippen LogP) is 2.06. The van der Waals surface area contributed by atoms with E-state index in [-0.39, 0.29) is 0 Å². The van der Waals surface area contributed by atoms with Crippen LogP contribution in [0.1, 0.15) is 28.4 Å². The Labute approximate surface area is 105 Å². The minimum atomic E-state index is -0.822. The van der Waals surface area contributed by atoms with E-state index < -0.39 is 12.0 Å². The summed E-state index contributed by atoms with van der Waals surface area (Å²) in [4.78, 5) is 14.5. The summed E-state index contributed by atoms with van der Waals surface area (Å²) >= 11 is 0. The molecular weight excluding hydrogens is 228 g/mol. The largest absolute Gasteiger partial charge is 0.480 e. The van der Waals surface area contributed by atoms with Crippen LogP contribution >= 0.6 is 0 Å². The number of aliphatic carboxylic acids is 1. The third kappa shape index (κ3) is 1.46. The van der Waals surface area contributed by atoms with Crippen LogP contribution in [0.15, 0.2) is 12.1 Å². The minimum absolute atomic E-state index is 0.610. The molecule has 4 heteroatoms. The average molecular weight is 244 g/mol. The SMILES string of the molecule is Cc1ccc2[nH]c3c(c2c1C)CCNC3C(=O)O. The van der Waals surface area contributed by atoms with Crippen LogP contribution in [0.2, 0.25) is 0 Å². The summed E-state index contributed by atoms with van der Waals surface area (Å²) in [6.45, 7) is 4.90. The molecule has 94 valence electrons. The lowest BCUT2D eigenvalue weighted by molar-refractivity contribution is -0.139. The number of rotatable bonds is 1. The van der Waals surface area contributed by atoms with Gasteiger partial charge in [-0.15, -0.1) is 0 Å². The maximum atomic E-state index is 11.3. The quantitative estimate of drug-likeness (QED) is 0.719. The van der Waals surface area contributed by atoms with Gasteiger partial charge in [0.25, 0.3) is 0 Å². The molecule has 0 saturated heterocycles. The van der Waals surface area contributed by atoms with Gasteiger partial charge in [-0.2, -0.15) is 0 Å². The summed E-state index contributed by atoms with van der Waals surface area (Å²) < 4.78 is 0. The minimum Gasteiger partial charge on any atom is -0.480 e. The molecular formula is C14H16N2O2. The summed E-state index contributed by atoms with van der Waals surface area (Å²) in [5.41, 5.74) is 5.51. The molecule has 1 aromatic heterocycles. The summed E-state index contributed by atoms with van der Waals surface area (Å²) in [5, 5.41) is 13.5. The Hall–Kier alpha value is -1.81. The standard InChI is InChI=1S/C14H16N2O2/c1-7-3-4-10-11(8(7)2)9-5-6-15-13(14(17)18)12(9)16-10/h3-4,13,15-16H,5-6H2,1-2H3,(H,17,18). The maximum Gasteiger partial charge on any atom is 0.326 e. The first-order valence-corrected chi connectivity index (χ1v) is 6.16. The van der Waals surface area contributed by atoms with Crippen LogP contribution in [0, 0.1) is 13.8 Å². The molecule has 1 aliphatic rings. The monoisotopic (exact) mass is 244 g/mol. The van der Waals surface area contributed by atoms with Gasteiger partial charge in [-0.1, -0.05) is 6.07 Å². The van der Waals surface area contributed by atoms with Crippen molar-refractivity contribution >= 4 is 16.9 Å². The number of aromatic nitrogens is 1. The molecule has 0 aliphatic carbocycles. The van der Waals surface area contributed by atoms with Gasteiger partial charge in [0.05, 0.1) is 0 Å². The molecule has 2 aromatic rings. The van der Waals surface area contributed by atoms with Crippen molar-refractivity contribution in [3.05, 3.63) is 34.5 Å². The Kier molecular flexibility index (Phi) is 2.41. The highest BCUT2D eigenvalue weighted by Crippen LogP contribution is 2.33. The molecule has 0 amide bonds. The van der Waals surface area contributed by atoms with Crippen molar-refractivity contribution in [2.75, 3.05) is 6.54 Å². The van der Waals surface area contributed by atoms with Crippen LogP contribution in [0.4, 0.5) is 0 Å². The van der Waals surface area contributed by atoms with Crippen molar-refractivity contribution < 1.29 is 9.90 Å². The number of nitrogens with one attached hydrogen (secondary N) is 2. The number of carbonyl (C=O) groups is 1. The van der Waals surface area contributed by atoms with E-state index in [0.717, 1.165) is 23.2 Å².